The van der Waals surface area contributed by atoms with E-state index in [2.05, 4.69) is 150 Å². The van der Waals surface area contributed by atoms with Crippen molar-refractivity contribution in [2.24, 2.45) is 0 Å². The minimum atomic E-state index is -0.223. The van der Waals surface area contributed by atoms with Crippen LogP contribution in [-0.2, 0) is 20.4 Å². The molecule has 6 heteroatoms. The number of amides is 2. The Bertz CT molecular complexity index is 2300. The molecule has 3 aromatic carbocycles. The van der Waals surface area contributed by atoms with E-state index in [9.17, 15) is 9.59 Å². The first-order chi connectivity index (χ1) is 30.6. The summed E-state index contributed by atoms with van der Waals surface area (Å²) in [7, 11) is 0. The third-order valence-electron chi connectivity index (χ3n) is 14.6. The minimum absolute atomic E-state index is 0.117. The third kappa shape index (κ3) is 9.93. The normalized spacial score (nSPS) is 18.5. The van der Waals surface area contributed by atoms with Crippen molar-refractivity contribution in [1.82, 2.24) is 10.6 Å². The van der Waals surface area contributed by atoms with Gasteiger partial charge in [0.15, 0.2) is 0 Å². The lowest BCUT2D eigenvalue weighted by atomic mass is 9.67. The average molecular weight is 975 g/mol. The summed E-state index contributed by atoms with van der Waals surface area (Å²) in [5.74, 6) is -0.445. The molecule has 63 heavy (non-hydrogen) atoms. The van der Waals surface area contributed by atoms with Crippen LogP contribution < -0.4 is 10.6 Å². The van der Waals surface area contributed by atoms with Gasteiger partial charge < -0.3 is 10.6 Å². The Kier molecular flexibility index (Phi) is 16.1. The fourth-order valence-electron chi connectivity index (χ4n) is 11.1. The summed E-state index contributed by atoms with van der Waals surface area (Å²) < 4.78 is 2.19. The van der Waals surface area contributed by atoms with Gasteiger partial charge in [-0.2, -0.15) is 0 Å². The zero-order valence-electron chi connectivity index (χ0n) is 38.6. The van der Waals surface area contributed by atoms with Gasteiger partial charge in [-0.05, 0) is 118 Å². The first-order valence-electron chi connectivity index (χ1n) is 24.6. The molecule has 4 aliphatic rings. The van der Waals surface area contributed by atoms with Crippen molar-refractivity contribution in [3.63, 3.8) is 0 Å². The van der Waals surface area contributed by atoms with Gasteiger partial charge in [-0.15, -0.1) is 0 Å². The van der Waals surface area contributed by atoms with Crippen LogP contribution in [0.3, 0.4) is 0 Å². The van der Waals surface area contributed by atoms with E-state index in [1.165, 1.54) is 105 Å². The van der Waals surface area contributed by atoms with Crippen LogP contribution in [0.4, 0.5) is 0 Å². The molecule has 0 atom stereocenters. The van der Waals surface area contributed by atoms with Gasteiger partial charge in [-0.1, -0.05) is 211 Å². The zero-order chi connectivity index (χ0) is 44.6. The number of hydrogen-bond acceptors (Lipinski definition) is 2. The summed E-state index contributed by atoms with van der Waals surface area (Å²) in [6.45, 7) is 13.7. The van der Waals surface area contributed by atoms with E-state index in [-0.39, 0.29) is 22.6 Å². The van der Waals surface area contributed by atoms with E-state index in [0.29, 0.717) is 22.5 Å². The second-order valence-corrected chi connectivity index (χ2v) is 20.7. The number of hydrogen-bond donors (Lipinski definition) is 2. The molecule has 7 rings (SSSR count). The number of unbranched alkanes of at least 4 members (excludes halogenated alkanes) is 12. The van der Waals surface area contributed by atoms with Gasteiger partial charge in [-0.25, -0.2) is 0 Å². The Hall–Kier alpha value is -3.74. The summed E-state index contributed by atoms with van der Waals surface area (Å²) in [4.78, 5) is 28.7. The highest BCUT2D eigenvalue weighted by molar-refractivity contribution is 9.12. The number of carbonyl (C=O) groups is 2. The van der Waals surface area contributed by atoms with E-state index in [1.807, 2.05) is 0 Å². The molecule has 2 amide bonds. The maximum Gasteiger partial charge on any atom is 0.258 e. The Morgan fingerprint density at radius 3 is 1.52 bits per heavy atom. The number of halogens is 2. The summed E-state index contributed by atoms with van der Waals surface area (Å²) in [6.07, 6.45) is 31.0. The molecule has 0 saturated carbocycles. The first-order valence-corrected chi connectivity index (χ1v) is 26.1. The van der Waals surface area contributed by atoms with Gasteiger partial charge in [0, 0.05) is 14.4 Å². The second-order valence-electron chi connectivity index (χ2n) is 18.9. The van der Waals surface area contributed by atoms with E-state index >= 15 is 0 Å². The Morgan fingerprint density at radius 2 is 1.00 bits per heavy atom. The predicted octanol–water partition coefficient (Wildman–Crippen LogP) is 16.5. The van der Waals surface area contributed by atoms with Crippen molar-refractivity contribution in [2.75, 3.05) is 0 Å². The summed E-state index contributed by atoms with van der Waals surface area (Å²) >= 11 is 7.69. The van der Waals surface area contributed by atoms with E-state index in [0.717, 1.165) is 89.0 Å². The van der Waals surface area contributed by atoms with Gasteiger partial charge in [-0.3, -0.25) is 9.59 Å². The number of rotatable bonds is 22. The number of benzene rings is 3. The molecule has 4 nitrogen and oxygen atoms in total. The number of carbonyl (C=O) groups excluding carboxylic acids is 2. The predicted molar refractivity (Wildman–Crippen MR) is 273 cm³/mol. The van der Waals surface area contributed by atoms with Gasteiger partial charge in [0.25, 0.3) is 11.8 Å². The molecule has 2 heterocycles. The standard InChI is InChI=1S/C57H70Br2N2O2/c1-6-10-14-18-31-56(32-19-15-11-7-2)35-30-42(58)25-22-39(5)44-27-23-40(36-47(44)56)52-50-51(55(63)60-52)53(61-54(50)62)41-24-28-45-46-29-26-43(59)38-49(46)57(48(45)37-41,33-20-16-12-8-3)34-21-17-13-9-4/h22-30,36-38H,5-21,31-35H2,1-4H3,(H,60,63)(H,61,62)/b25-22-,42-30+. The molecule has 0 aromatic heterocycles. The fourth-order valence-corrected chi connectivity index (χ4v) is 11.8. The molecular weight excluding hydrogens is 904 g/mol. The lowest BCUT2D eigenvalue weighted by molar-refractivity contribution is -0.117. The quantitative estimate of drug-likeness (QED) is 0.0986. The lowest BCUT2D eigenvalue weighted by Gasteiger charge is -2.37. The summed E-state index contributed by atoms with van der Waals surface area (Å²) in [5.41, 5.74) is 12.4. The monoisotopic (exact) mass is 972 g/mol. The van der Waals surface area contributed by atoms with Crippen LogP contribution in [0.25, 0.3) is 28.1 Å². The van der Waals surface area contributed by atoms with Crippen molar-refractivity contribution in [3.05, 3.63) is 133 Å². The Morgan fingerprint density at radius 1 is 0.540 bits per heavy atom. The minimum Gasteiger partial charge on any atom is -0.321 e. The maximum atomic E-state index is 14.4. The molecule has 334 valence electrons. The molecule has 0 radical (unpaired) electrons. The molecule has 0 saturated heterocycles. The van der Waals surface area contributed by atoms with Gasteiger partial charge in [0.1, 0.15) is 0 Å². The number of fused-ring (bicyclic) bond motifs is 5. The Labute approximate surface area is 395 Å². The molecule has 0 unspecified atom stereocenters. The highest BCUT2D eigenvalue weighted by Crippen LogP contribution is 2.56. The topological polar surface area (TPSA) is 58.2 Å². The fraction of sp³-hybridized carbons (Fsp3) is 0.474. The molecular formula is C57H70Br2N2O2. The van der Waals surface area contributed by atoms with Crippen molar-refractivity contribution in [3.8, 4) is 11.1 Å². The van der Waals surface area contributed by atoms with Crippen LogP contribution in [0, 0.1) is 0 Å². The van der Waals surface area contributed by atoms with Crippen molar-refractivity contribution < 1.29 is 9.59 Å². The van der Waals surface area contributed by atoms with Crippen LogP contribution in [0.5, 0.6) is 0 Å². The molecule has 2 aliphatic heterocycles. The van der Waals surface area contributed by atoms with Crippen LogP contribution in [-0.4, -0.2) is 11.8 Å². The van der Waals surface area contributed by atoms with Crippen molar-refractivity contribution in [2.45, 2.75) is 173 Å². The maximum absolute atomic E-state index is 14.4. The SMILES string of the molecule is C=C1/C=C\C(Br)=C/CC(CCCCCC)(CCCCCC)c2cc(C3=C4C(=O)NC(c5ccc6c(c5)C(CCCCCC)(CCCCCC)c5cc(Br)ccc5-6)=C4C(=O)N3)ccc21. The van der Waals surface area contributed by atoms with Crippen molar-refractivity contribution >= 4 is 60.6 Å². The lowest BCUT2D eigenvalue weighted by Crippen LogP contribution is -2.28. The van der Waals surface area contributed by atoms with Gasteiger partial charge in [0.05, 0.1) is 22.5 Å². The molecule has 2 N–H and O–H groups in total. The van der Waals surface area contributed by atoms with E-state index in [1.54, 1.807) is 0 Å². The van der Waals surface area contributed by atoms with E-state index < -0.39 is 0 Å². The first kappa shape index (κ1) is 47.2. The average Bonchev–Trinajstić information content (AvgIpc) is 3.92. The summed E-state index contributed by atoms with van der Waals surface area (Å²) in [5, 5.41) is 6.49. The third-order valence-corrected chi connectivity index (χ3v) is 15.7. The molecule has 0 fully saturated rings. The summed E-state index contributed by atoms with van der Waals surface area (Å²) in [6, 6.07) is 20.1. The zero-order valence-corrected chi connectivity index (χ0v) is 41.7. The van der Waals surface area contributed by atoms with Crippen LogP contribution in [0.2, 0.25) is 0 Å². The molecule has 2 aliphatic carbocycles. The van der Waals surface area contributed by atoms with Gasteiger partial charge >= 0.3 is 0 Å². The van der Waals surface area contributed by atoms with Gasteiger partial charge in [0.2, 0.25) is 0 Å². The highest BCUT2D eigenvalue weighted by atomic mass is 79.9. The van der Waals surface area contributed by atoms with Crippen LogP contribution in [0.1, 0.15) is 196 Å². The smallest absolute Gasteiger partial charge is 0.258 e. The number of allylic oxidation sites excluding steroid dienone is 5. The van der Waals surface area contributed by atoms with Crippen LogP contribution >= 0.6 is 31.9 Å². The molecule has 0 spiro atoms. The largest absolute Gasteiger partial charge is 0.321 e. The highest BCUT2D eigenvalue weighted by Gasteiger charge is 2.45. The molecule has 3 aromatic rings. The van der Waals surface area contributed by atoms with E-state index in [4.69, 9.17) is 0 Å². The second kappa shape index (κ2) is 21.5. The number of nitrogens with one attached hydrogen (secondary N) is 2. The van der Waals surface area contributed by atoms with Crippen LogP contribution in [0.15, 0.2) is 99.5 Å². The van der Waals surface area contributed by atoms with Crippen molar-refractivity contribution in [1.29, 1.82) is 0 Å². The molecule has 0 bridgehead atoms. The Balaban J connectivity index is 1.34.